The molecule has 4 aromatic rings. The summed E-state index contributed by atoms with van der Waals surface area (Å²) in [5.74, 6) is 0.665. The highest BCUT2D eigenvalue weighted by atomic mass is 32.2. The fraction of sp³-hybridized carbons (Fsp3) is 0.227. The fourth-order valence-corrected chi connectivity index (χ4v) is 5.48. The third kappa shape index (κ3) is 3.39. The lowest BCUT2D eigenvalue weighted by atomic mass is 10.1. The molecular weight excluding hydrogens is 441 g/mol. The molecule has 1 N–H and O–H groups in total. The lowest BCUT2D eigenvalue weighted by Gasteiger charge is -2.29. The minimum absolute atomic E-state index is 0.404. The highest BCUT2D eigenvalue weighted by Crippen LogP contribution is 2.36. The monoisotopic (exact) mass is 460 g/mol. The van der Waals surface area contributed by atoms with Crippen molar-refractivity contribution in [2.24, 2.45) is 0 Å². The summed E-state index contributed by atoms with van der Waals surface area (Å²) in [7, 11) is -4.29. The first-order valence-corrected chi connectivity index (χ1v) is 11.5. The van der Waals surface area contributed by atoms with Crippen LogP contribution in [0.15, 0.2) is 65.7 Å². The van der Waals surface area contributed by atoms with Gasteiger partial charge < -0.3 is 10.2 Å². The van der Waals surface area contributed by atoms with Crippen LogP contribution in [-0.2, 0) is 16.2 Å². The maximum Gasteiger partial charge on any atom is 0.416 e. The molecule has 6 nitrogen and oxygen atoms in total. The van der Waals surface area contributed by atoms with Crippen molar-refractivity contribution in [2.45, 2.75) is 11.1 Å². The third-order valence-electron chi connectivity index (χ3n) is 5.61. The molecule has 10 heteroatoms. The predicted octanol–water partition coefficient (Wildman–Crippen LogP) is 3.85. The van der Waals surface area contributed by atoms with Gasteiger partial charge in [-0.25, -0.2) is 17.4 Å². The van der Waals surface area contributed by atoms with E-state index in [1.807, 2.05) is 6.07 Å². The number of halogens is 3. The van der Waals surface area contributed by atoms with Crippen molar-refractivity contribution in [1.82, 2.24) is 14.3 Å². The molecule has 0 spiro atoms. The lowest BCUT2D eigenvalue weighted by molar-refractivity contribution is -0.137. The Morgan fingerprint density at radius 2 is 1.69 bits per heavy atom. The Hall–Kier alpha value is -3.11. The molecule has 1 aliphatic rings. The van der Waals surface area contributed by atoms with Crippen molar-refractivity contribution in [1.29, 1.82) is 0 Å². The Labute approximate surface area is 182 Å². The average molecular weight is 460 g/mol. The number of hydrogen-bond acceptors (Lipinski definition) is 5. The van der Waals surface area contributed by atoms with E-state index in [-0.39, 0.29) is 0 Å². The summed E-state index contributed by atoms with van der Waals surface area (Å²) < 4.78 is 67.6. The zero-order chi connectivity index (χ0) is 22.5. The van der Waals surface area contributed by atoms with Gasteiger partial charge in [-0.1, -0.05) is 24.3 Å². The molecule has 0 aliphatic carbocycles. The zero-order valence-corrected chi connectivity index (χ0v) is 17.6. The van der Waals surface area contributed by atoms with Crippen LogP contribution in [-0.4, -0.2) is 43.6 Å². The van der Waals surface area contributed by atoms with Crippen LogP contribution in [0.1, 0.15) is 5.56 Å². The SMILES string of the molecule is O=S(=O)(c1cccc(C(F)(F)F)c1)n1ccc2c(N3CCNCC3)nc3ccccc3c21. The second kappa shape index (κ2) is 7.49. The van der Waals surface area contributed by atoms with Gasteiger partial charge in [-0.15, -0.1) is 0 Å². The molecule has 0 bridgehead atoms. The van der Waals surface area contributed by atoms with E-state index in [0.29, 0.717) is 46.8 Å². The van der Waals surface area contributed by atoms with Crippen LogP contribution in [0, 0.1) is 0 Å². The highest BCUT2D eigenvalue weighted by molar-refractivity contribution is 7.90. The van der Waals surface area contributed by atoms with Gasteiger partial charge in [-0.2, -0.15) is 13.2 Å². The molecule has 2 aromatic carbocycles. The van der Waals surface area contributed by atoms with Crippen LogP contribution in [0.25, 0.3) is 21.8 Å². The maximum atomic E-state index is 13.5. The number of alkyl halides is 3. The van der Waals surface area contributed by atoms with E-state index in [0.717, 1.165) is 29.2 Å². The molecule has 1 fully saturated rings. The maximum absolute atomic E-state index is 13.5. The number of para-hydroxylation sites is 1. The van der Waals surface area contributed by atoms with Crippen LogP contribution in [0.2, 0.25) is 0 Å². The number of hydrogen-bond donors (Lipinski definition) is 1. The second-order valence-electron chi connectivity index (χ2n) is 7.59. The number of nitrogens with one attached hydrogen (secondary N) is 1. The van der Waals surface area contributed by atoms with E-state index < -0.39 is 26.7 Å². The number of piperazine rings is 1. The standard InChI is InChI=1S/C22H19F3N4O2S/c23-22(24,25)15-4-3-5-16(14-15)32(30,31)29-11-8-18-20(29)17-6-1-2-7-19(17)27-21(18)28-12-9-26-10-13-28/h1-8,11,14,26H,9-10,12-13H2. The van der Waals surface area contributed by atoms with Crippen molar-refractivity contribution < 1.29 is 21.6 Å². The van der Waals surface area contributed by atoms with Gasteiger partial charge in [0.15, 0.2) is 0 Å². The Kier molecular flexibility index (Phi) is 4.86. The molecule has 166 valence electrons. The van der Waals surface area contributed by atoms with E-state index in [1.165, 1.54) is 12.3 Å². The molecule has 3 heterocycles. The first kappa shape index (κ1) is 20.8. The molecule has 0 atom stereocenters. The van der Waals surface area contributed by atoms with Crippen LogP contribution >= 0.6 is 0 Å². The number of fused-ring (bicyclic) bond motifs is 3. The normalized spacial score (nSPS) is 15.5. The van der Waals surface area contributed by atoms with E-state index in [9.17, 15) is 21.6 Å². The summed E-state index contributed by atoms with van der Waals surface area (Å²) in [5.41, 5.74) is 0.0114. The van der Waals surface area contributed by atoms with Gasteiger partial charge in [-0.3, -0.25) is 0 Å². The Morgan fingerprint density at radius 1 is 0.938 bits per heavy atom. The summed E-state index contributed by atoms with van der Waals surface area (Å²) >= 11 is 0. The van der Waals surface area contributed by atoms with Crippen LogP contribution in [0.4, 0.5) is 19.0 Å². The van der Waals surface area contributed by atoms with Crippen molar-refractivity contribution in [3.63, 3.8) is 0 Å². The zero-order valence-electron chi connectivity index (χ0n) is 16.8. The third-order valence-corrected chi connectivity index (χ3v) is 7.29. The second-order valence-corrected chi connectivity index (χ2v) is 9.41. The minimum Gasteiger partial charge on any atom is -0.353 e. The summed E-state index contributed by atoms with van der Waals surface area (Å²) in [4.78, 5) is 6.45. The van der Waals surface area contributed by atoms with E-state index >= 15 is 0 Å². The average Bonchev–Trinajstić information content (AvgIpc) is 3.25. The lowest BCUT2D eigenvalue weighted by Crippen LogP contribution is -2.44. The minimum atomic E-state index is -4.64. The van der Waals surface area contributed by atoms with Gasteiger partial charge in [0.2, 0.25) is 0 Å². The summed E-state index contributed by atoms with van der Waals surface area (Å²) in [6.45, 7) is 2.98. The topological polar surface area (TPSA) is 67.2 Å². The van der Waals surface area contributed by atoms with Crippen LogP contribution < -0.4 is 10.2 Å². The first-order chi connectivity index (χ1) is 15.3. The van der Waals surface area contributed by atoms with Crippen LogP contribution in [0.5, 0.6) is 0 Å². The molecule has 1 saturated heterocycles. The van der Waals surface area contributed by atoms with Crippen molar-refractivity contribution >= 4 is 37.6 Å². The predicted molar refractivity (Wildman–Crippen MR) is 116 cm³/mol. The van der Waals surface area contributed by atoms with Crippen molar-refractivity contribution in [3.05, 3.63) is 66.4 Å². The van der Waals surface area contributed by atoms with E-state index in [1.54, 1.807) is 24.3 Å². The molecule has 0 radical (unpaired) electrons. The van der Waals surface area contributed by atoms with Crippen molar-refractivity contribution in [3.8, 4) is 0 Å². The quantitative estimate of drug-likeness (QED) is 0.503. The summed E-state index contributed by atoms with van der Waals surface area (Å²) in [6, 6.07) is 12.6. The van der Waals surface area contributed by atoms with Crippen molar-refractivity contribution in [2.75, 3.05) is 31.1 Å². The number of anilines is 1. The molecule has 2 aromatic heterocycles. The van der Waals surface area contributed by atoms with E-state index in [2.05, 4.69) is 10.2 Å². The van der Waals surface area contributed by atoms with Gasteiger partial charge in [0, 0.05) is 43.1 Å². The first-order valence-electron chi connectivity index (χ1n) is 10.0. The number of pyridine rings is 1. The molecule has 0 saturated carbocycles. The van der Waals surface area contributed by atoms with Gasteiger partial charge >= 0.3 is 6.18 Å². The number of aromatic nitrogens is 2. The molecule has 32 heavy (non-hydrogen) atoms. The Bertz CT molecular complexity index is 1420. The van der Waals surface area contributed by atoms with Gasteiger partial charge in [-0.05, 0) is 30.3 Å². The van der Waals surface area contributed by atoms with Gasteiger partial charge in [0.1, 0.15) is 5.82 Å². The number of benzene rings is 2. The van der Waals surface area contributed by atoms with Gasteiger partial charge in [0.25, 0.3) is 10.0 Å². The fourth-order valence-electron chi connectivity index (χ4n) is 4.07. The number of rotatable bonds is 3. The number of nitrogens with zero attached hydrogens (tertiary/aromatic N) is 3. The smallest absolute Gasteiger partial charge is 0.353 e. The molecule has 1 aliphatic heterocycles. The summed E-state index contributed by atoms with van der Waals surface area (Å²) in [5, 5.41) is 4.53. The van der Waals surface area contributed by atoms with E-state index in [4.69, 9.17) is 4.98 Å². The molecular formula is C22H19F3N4O2S. The van der Waals surface area contributed by atoms with Gasteiger partial charge in [0.05, 0.1) is 21.5 Å². The summed E-state index contributed by atoms with van der Waals surface area (Å²) in [6.07, 6.45) is -3.25. The van der Waals surface area contributed by atoms with Crippen LogP contribution in [0.3, 0.4) is 0 Å². The Morgan fingerprint density at radius 3 is 2.44 bits per heavy atom. The Balaban J connectivity index is 1.76. The molecule has 0 amide bonds. The largest absolute Gasteiger partial charge is 0.416 e. The molecule has 5 rings (SSSR count). The molecule has 0 unspecified atom stereocenters. The highest BCUT2D eigenvalue weighted by Gasteiger charge is 2.32.